The Bertz CT molecular complexity index is 977. The van der Waals surface area contributed by atoms with Gasteiger partial charge in [-0.1, -0.05) is 36.4 Å². The maximum Gasteiger partial charge on any atom is 0.229 e. The van der Waals surface area contributed by atoms with Crippen LogP contribution in [0.4, 0.5) is 5.69 Å². The molecule has 2 aromatic carbocycles. The van der Waals surface area contributed by atoms with E-state index in [4.69, 9.17) is 0 Å². The minimum Gasteiger partial charge on any atom is -0.303 e. The number of anilines is 1. The van der Waals surface area contributed by atoms with Crippen LogP contribution in [0.2, 0.25) is 0 Å². The molecule has 0 radical (unpaired) electrons. The van der Waals surface area contributed by atoms with Gasteiger partial charge in [-0.3, -0.25) is 9.52 Å². The number of rotatable bonds is 6. The topological polar surface area (TPSA) is 66.5 Å². The highest BCUT2D eigenvalue weighted by molar-refractivity contribution is 7.92. The van der Waals surface area contributed by atoms with E-state index >= 15 is 0 Å². The summed E-state index contributed by atoms with van der Waals surface area (Å²) in [4.78, 5) is 15.2. The fourth-order valence-electron chi connectivity index (χ4n) is 4.67. The normalized spacial score (nSPS) is 20.6. The number of carbonyl (C=O) groups is 1. The summed E-state index contributed by atoms with van der Waals surface area (Å²) in [6, 6.07) is 15.6. The van der Waals surface area contributed by atoms with Crippen molar-refractivity contribution in [2.75, 3.05) is 30.6 Å². The van der Waals surface area contributed by atoms with E-state index in [1.165, 1.54) is 11.1 Å². The molecule has 1 unspecified atom stereocenters. The predicted molar refractivity (Wildman–Crippen MR) is 116 cm³/mol. The SMILES string of the molecule is CS(=O)(=O)Nc1ccc(CCN2CCC(C3Cc4ccccc4C3=O)CC2)cc1. The third kappa shape index (κ3) is 4.87. The first-order valence-corrected chi connectivity index (χ1v) is 12.2. The van der Waals surface area contributed by atoms with Gasteiger partial charge in [-0.15, -0.1) is 0 Å². The van der Waals surface area contributed by atoms with Crippen LogP contribution in [0.25, 0.3) is 0 Å². The van der Waals surface area contributed by atoms with Crippen LogP contribution < -0.4 is 4.72 Å². The Morgan fingerprint density at radius 1 is 1.03 bits per heavy atom. The average molecular weight is 413 g/mol. The molecule has 1 aliphatic heterocycles. The molecule has 1 aliphatic carbocycles. The summed E-state index contributed by atoms with van der Waals surface area (Å²) in [5.41, 5.74) is 3.96. The second kappa shape index (κ2) is 8.28. The molecule has 2 aromatic rings. The van der Waals surface area contributed by atoms with Crippen molar-refractivity contribution < 1.29 is 13.2 Å². The number of sulfonamides is 1. The molecule has 0 saturated carbocycles. The molecule has 0 spiro atoms. The van der Waals surface area contributed by atoms with Gasteiger partial charge in [-0.25, -0.2) is 8.42 Å². The first-order valence-electron chi connectivity index (χ1n) is 10.3. The molecule has 1 N–H and O–H groups in total. The largest absolute Gasteiger partial charge is 0.303 e. The highest BCUT2D eigenvalue weighted by Crippen LogP contribution is 2.36. The van der Waals surface area contributed by atoms with Gasteiger partial charge in [-0.2, -0.15) is 0 Å². The van der Waals surface area contributed by atoms with E-state index in [2.05, 4.69) is 15.7 Å². The number of likely N-dealkylation sites (tertiary alicyclic amines) is 1. The number of nitrogens with one attached hydrogen (secondary N) is 1. The van der Waals surface area contributed by atoms with Crippen molar-refractivity contribution in [1.82, 2.24) is 4.90 Å². The Hall–Kier alpha value is -2.18. The van der Waals surface area contributed by atoms with Crippen molar-refractivity contribution >= 4 is 21.5 Å². The van der Waals surface area contributed by atoms with Crippen molar-refractivity contribution in [3.63, 3.8) is 0 Å². The highest BCUT2D eigenvalue weighted by atomic mass is 32.2. The number of piperidine rings is 1. The lowest BCUT2D eigenvalue weighted by atomic mass is 9.82. The van der Waals surface area contributed by atoms with Crippen molar-refractivity contribution in [2.24, 2.45) is 11.8 Å². The summed E-state index contributed by atoms with van der Waals surface area (Å²) in [7, 11) is -3.24. The molecule has 1 fully saturated rings. The number of benzene rings is 2. The molecule has 29 heavy (non-hydrogen) atoms. The number of hydrogen-bond acceptors (Lipinski definition) is 4. The highest BCUT2D eigenvalue weighted by Gasteiger charge is 2.37. The first-order chi connectivity index (χ1) is 13.9. The van der Waals surface area contributed by atoms with Gasteiger partial charge in [0.05, 0.1) is 6.26 Å². The van der Waals surface area contributed by atoms with Gasteiger partial charge in [0.15, 0.2) is 5.78 Å². The van der Waals surface area contributed by atoms with E-state index in [-0.39, 0.29) is 5.92 Å². The molecule has 1 atom stereocenters. The van der Waals surface area contributed by atoms with Crippen molar-refractivity contribution in [2.45, 2.75) is 25.7 Å². The number of hydrogen-bond donors (Lipinski definition) is 1. The van der Waals surface area contributed by atoms with Crippen molar-refractivity contribution in [3.8, 4) is 0 Å². The predicted octanol–water partition coefficient (Wildman–Crippen LogP) is 3.37. The van der Waals surface area contributed by atoms with Gasteiger partial charge in [0.2, 0.25) is 10.0 Å². The molecular weight excluding hydrogens is 384 g/mol. The Kier molecular flexibility index (Phi) is 5.74. The standard InChI is InChI=1S/C23H28N2O3S/c1-29(27,28)24-20-8-6-17(7-9-20)10-13-25-14-11-18(12-15-25)22-16-19-4-2-3-5-21(19)23(22)26/h2-9,18,22,24H,10-16H2,1H3. The van der Waals surface area contributed by atoms with Crippen LogP contribution in [0.1, 0.15) is 34.3 Å². The van der Waals surface area contributed by atoms with Crippen molar-refractivity contribution in [1.29, 1.82) is 0 Å². The van der Waals surface area contributed by atoms with E-state index in [1.807, 2.05) is 42.5 Å². The molecule has 0 amide bonds. The average Bonchev–Trinajstić information content (AvgIpc) is 3.04. The molecule has 5 nitrogen and oxygen atoms in total. The quantitative estimate of drug-likeness (QED) is 0.790. The van der Waals surface area contributed by atoms with E-state index in [1.54, 1.807) is 0 Å². The first kappa shape index (κ1) is 20.1. The minimum atomic E-state index is -3.24. The maximum atomic E-state index is 12.7. The fourth-order valence-corrected chi connectivity index (χ4v) is 5.23. The van der Waals surface area contributed by atoms with Gasteiger partial charge in [0, 0.05) is 23.7 Å². The molecule has 6 heteroatoms. The molecular formula is C23H28N2O3S. The number of carbonyl (C=O) groups excluding carboxylic acids is 1. The lowest BCUT2D eigenvalue weighted by Gasteiger charge is -2.34. The van der Waals surface area contributed by atoms with Crippen molar-refractivity contribution in [3.05, 3.63) is 65.2 Å². The molecule has 154 valence electrons. The van der Waals surface area contributed by atoms with E-state index in [0.29, 0.717) is 17.4 Å². The van der Waals surface area contributed by atoms with Gasteiger partial charge in [0.25, 0.3) is 0 Å². The Labute approximate surface area is 173 Å². The number of fused-ring (bicyclic) bond motifs is 1. The molecule has 1 saturated heterocycles. The van der Waals surface area contributed by atoms with E-state index in [9.17, 15) is 13.2 Å². The Morgan fingerprint density at radius 2 is 1.72 bits per heavy atom. The van der Waals surface area contributed by atoms with E-state index in [0.717, 1.165) is 57.1 Å². The molecule has 4 rings (SSSR count). The Morgan fingerprint density at radius 3 is 2.38 bits per heavy atom. The Balaban J connectivity index is 1.25. The zero-order valence-corrected chi connectivity index (χ0v) is 17.6. The van der Waals surface area contributed by atoms with Crippen LogP contribution in [-0.4, -0.2) is 45.0 Å². The van der Waals surface area contributed by atoms with Crippen LogP contribution in [0.15, 0.2) is 48.5 Å². The zero-order valence-electron chi connectivity index (χ0n) is 16.8. The second-order valence-corrected chi connectivity index (χ2v) is 10.1. The summed E-state index contributed by atoms with van der Waals surface area (Å²) in [6.45, 7) is 3.07. The molecule has 0 bridgehead atoms. The van der Waals surface area contributed by atoms with E-state index < -0.39 is 10.0 Å². The molecule has 0 aromatic heterocycles. The summed E-state index contributed by atoms with van der Waals surface area (Å²) in [5, 5.41) is 0. The fraction of sp³-hybridized carbons (Fsp3) is 0.435. The van der Waals surface area contributed by atoms with Crippen LogP contribution in [0.3, 0.4) is 0 Å². The summed E-state index contributed by atoms with van der Waals surface area (Å²) in [5.74, 6) is 1.01. The zero-order chi connectivity index (χ0) is 20.4. The molecule has 2 aliphatic rings. The monoisotopic (exact) mass is 412 g/mol. The number of nitrogens with zero attached hydrogens (tertiary/aromatic N) is 1. The van der Waals surface area contributed by atoms with Crippen LogP contribution in [-0.2, 0) is 22.9 Å². The third-order valence-corrected chi connectivity index (χ3v) is 6.84. The summed E-state index contributed by atoms with van der Waals surface area (Å²) in [6.07, 6.45) is 5.18. The number of Topliss-reactive ketones (excluding diaryl/α,β-unsaturated/α-hetero) is 1. The lowest BCUT2D eigenvalue weighted by molar-refractivity contribution is 0.0825. The lowest BCUT2D eigenvalue weighted by Crippen LogP contribution is -2.38. The van der Waals surface area contributed by atoms with Gasteiger partial charge in [0.1, 0.15) is 0 Å². The second-order valence-electron chi connectivity index (χ2n) is 8.33. The third-order valence-electron chi connectivity index (χ3n) is 6.23. The summed E-state index contributed by atoms with van der Waals surface area (Å²) < 4.78 is 25.1. The van der Waals surface area contributed by atoms with Gasteiger partial charge >= 0.3 is 0 Å². The smallest absolute Gasteiger partial charge is 0.229 e. The van der Waals surface area contributed by atoms with Crippen LogP contribution >= 0.6 is 0 Å². The minimum absolute atomic E-state index is 0.171. The number of ketones is 1. The summed E-state index contributed by atoms with van der Waals surface area (Å²) >= 11 is 0. The van der Waals surface area contributed by atoms with Gasteiger partial charge in [-0.05, 0) is 68.0 Å². The molecule has 1 heterocycles. The maximum absolute atomic E-state index is 12.7. The van der Waals surface area contributed by atoms with Crippen LogP contribution in [0.5, 0.6) is 0 Å². The van der Waals surface area contributed by atoms with Crippen LogP contribution in [0, 0.1) is 11.8 Å². The van der Waals surface area contributed by atoms with Gasteiger partial charge < -0.3 is 4.90 Å².